The molecule has 3 nitrogen and oxygen atoms in total. The minimum atomic E-state index is -0.122. The van der Waals surface area contributed by atoms with Gasteiger partial charge in [0.2, 0.25) is 0 Å². The first-order valence-corrected chi connectivity index (χ1v) is 5.81. The quantitative estimate of drug-likeness (QED) is 0.656. The van der Waals surface area contributed by atoms with Gasteiger partial charge in [-0.05, 0) is 32.1 Å². The normalized spacial score (nSPS) is 34.9. The van der Waals surface area contributed by atoms with Crippen LogP contribution >= 0.6 is 0 Å². The van der Waals surface area contributed by atoms with Gasteiger partial charge < -0.3 is 4.74 Å². The lowest BCUT2D eigenvalue weighted by molar-refractivity contribution is -0.148. The summed E-state index contributed by atoms with van der Waals surface area (Å²) in [6.07, 6.45) is 1.26. The number of piperidine rings is 1. The Morgan fingerprint density at radius 2 is 2.00 bits per heavy atom. The first-order valence-electron chi connectivity index (χ1n) is 5.81. The van der Waals surface area contributed by atoms with E-state index in [0.717, 1.165) is 6.54 Å². The third kappa shape index (κ3) is 2.71. The molecule has 0 bridgehead atoms. The molecule has 0 radical (unpaired) electrons. The van der Waals surface area contributed by atoms with Crippen molar-refractivity contribution in [2.75, 3.05) is 13.7 Å². The van der Waals surface area contributed by atoms with Crippen LogP contribution in [0.25, 0.3) is 0 Å². The molecule has 1 aliphatic rings. The smallest absolute Gasteiger partial charge is 0.322 e. The largest absolute Gasteiger partial charge is 0.468 e. The number of carbonyl (C=O) groups excluding carboxylic acids is 1. The van der Waals surface area contributed by atoms with E-state index in [1.165, 1.54) is 13.5 Å². The fraction of sp³-hybridized carbons (Fsp3) is 0.917. The van der Waals surface area contributed by atoms with Crippen LogP contribution in [0.1, 0.15) is 34.1 Å². The van der Waals surface area contributed by atoms with Crippen molar-refractivity contribution in [2.45, 2.75) is 46.2 Å². The van der Waals surface area contributed by atoms with E-state index >= 15 is 0 Å². The predicted molar refractivity (Wildman–Crippen MR) is 60.6 cm³/mol. The number of rotatable bonds is 2. The van der Waals surface area contributed by atoms with Gasteiger partial charge in [0.15, 0.2) is 0 Å². The summed E-state index contributed by atoms with van der Waals surface area (Å²) in [4.78, 5) is 13.8. The molecule has 0 saturated carbocycles. The van der Waals surface area contributed by atoms with Crippen LogP contribution < -0.4 is 0 Å². The lowest BCUT2D eigenvalue weighted by Gasteiger charge is -2.43. The summed E-state index contributed by atoms with van der Waals surface area (Å²) in [5, 5.41) is 0. The Kier molecular flexibility index (Phi) is 4.14. The van der Waals surface area contributed by atoms with Crippen molar-refractivity contribution in [1.29, 1.82) is 0 Å². The molecule has 1 heterocycles. The van der Waals surface area contributed by atoms with Crippen LogP contribution in [0.5, 0.6) is 0 Å². The van der Waals surface area contributed by atoms with Crippen molar-refractivity contribution >= 4 is 5.97 Å². The second kappa shape index (κ2) is 4.97. The molecule has 1 aliphatic heterocycles. The number of carbonyl (C=O) groups is 1. The van der Waals surface area contributed by atoms with Crippen LogP contribution in [0.3, 0.4) is 0 Å². The predicted octanol–water partition coefficient (Wildman–Crippen LogP) is 1.91. The Balaban J connectivity index is 2.70. The molecular formula is C12H23NO2. The van der Waals surface area contributed by atoms with Crippen molar-refractivity contribution in [2.24, 2.45) is 11.8 Å². The number of nitrogens with zero attached hydrogens (tertiary/aromatic N) is 1. The molecule has 0 aromatic carbocycles. The Morgan fingerprint density at radius 1 is 1.40 bits per heavy atom. The molecule has 88 valence electrons. The number of methoxy groups -OCH3 is 1. The third-order valence-corrected chi connectivity index (χ3v) is 3.68. The third-order valence-electron chi connectivity index (χ3n) is 3.68. The van der Waals surface area contributed by atoms with E-state index in [0.29, 0.717) is 17.9 Å². The zero-order valence-corrected chi connectivity index (χ0v) is 10.5. The molecule has 15 heavy (non-hydrogen) atoms. The number of esters is 1. The van der Waals surface area contributed by atoms with Crippen LogP contribution in [0.4, 0.5) is 0 Å². The highest BCUT2D eigenvalue weighted by Crippen LogP contribution is 2.28. The fourth-order valence-electron chi connectivity index (χ4n) is 2.58. The Hall–Kier alpha value is -0.570. The van der Waals surface area contributed by atoms with Crippen LogP contribution in [0.15, 0.2) is 0 Å². The van der Waals surface area contributed by atoms with Gasteiger partial charge in [0.05, 0.1) is 7.11 Å². The van der Waals surface area contributed by atoms with Gasteiger partial charge >= 0.3 is 5.97 Å². The highest BCUT2D eigenvalue weighted by molar-refractivity contribution is 5.75. The summed E-state index contributed by atoms with van der Waals surface area (Å²) in [6, 6.07) is 0.352. The molecule has 1 rings (SSSR count). The monoisotopic (exact) mass is 213 g/mol. The number of hydrogen-bond acceptors (Lipinski definition) is 3. The van der Waals surface area contributed by atoms with E-state index in [-0.39, 0.29) is 12.0 Å². The van der Waals surface area contributed by atoms with E-state index < -0.39 is 0 Å². The zero-order valence-electron chi connectivity index (χ0n) is 10.5. The van der Waals surface area contributed by atoms with Gasteiger partial charge in [-0.25, -0.2) is 0 Å². The van der Waals surface area contributed by atoms with Gasteiger partial charge in [0.1, 0.15) is 6.04 Å². The fourth-order valence-corrected chi connectivity index (χ4v) is 2.58. The number of hydrogen-bond donors (Lipinski definition) is 0. The molecule has 1 fully saturated rings. The molecule has 3 heteroatoms. The van der Waals surface area contributed by atoms with E-state index in [4.69, 9.17) is 4.74 Å². The summed E-state index contributed by atoms with van der Waals surface area (Å²) in [6.45, 7) is 9.65. The zero-order chi connectivity index (χ0) is 11.6. The van der Waals surface area contributed by atoms with Crippen LogP contribution in [-0.2, 0) is 9.53 Å². The van der Waals surface area contributed by atoms with Crippen LogP contribution in [-0.4, -0.2) is 36.6 Å². The highest BCUT2D eigenvalue weighted by Gasteiger charge is 2.34. The maximum atomic E-state index is 11.5. The van der Waals surface area contributed by atoms with Gasteiger partial charge in [-0.2, -0.15) is 0 Å². The summed E-state index contributed by atoms with van der Waals surface area (Å²) in [5.74, 6) is 1.20. The van der Waals surface area contributed by atoms with Gasteiger partial charge in [0.25, 0.3) is 0 Å². The van der Waals surface area contributed by atoms with Crippen molar-refractivity contribution in [3.05, 3.63) is 0 Å². The summed E-state index contributed by atoms with van der Waals surface area (Å²) in [7, 11) is 1.46. The van der Waals surface area contributed by atoms with Gasteiger partial charge in [0, 0.05) is 12.6 Å². The average molecular weight is 213 g/mol. The van der Waals surface area contributed by atoms with Crippen molar-refractivity contribution < 1.29 is 9.53 Å². The molecule has 4 unspecified atom stereocenters. The first kappa shape index (κ1) is 12.5. The topological polar surface area (TPSA) is 29.5 Å². The van der Waals surface area contributed by atoms with Crippen molar-refractivity contribution in [3.8, 4) is 0 Å². The van der Waals surface area contributed by atoms with E-state index in [9.17, 15) is 4.79 Å². The molecule has 0 aliphatic carbocycles. The summed E-state index contributed by atoms with van der Waals surface area (Å²) >= 11 is 0. The van der Waals surface area contributed by atoms with Gasteiger partial charge in [-0.15, -0.1) is 0 Å². The molecular weight excluding hydrogens is 190 g/mol. The number of likely N-dealkylation sites (tertiary alicyclic amines) is 1. The molecule has 0 aromatic rings. The lowest BCUT2D eigenvalue weighted by atomic mass is 9.85. The van der Waals surface area contributed by atoms with Gasteiger partial charge in [-0.3, -0.25) is 9.69 Å². The van der Waals surface area contributed by atoms with E-state index in [1.807, 2.05) is 6.92 Å². The SMILES string of the molecule is COC(=O)C(C)N1CC(C)CC(C)C1C. The lowest BCUT2D eigenvalue weighted by Crippen LogP contribution is -2.52. The minimum Gasteiger partial charge on any atom is -0.468 e. The summed E-state index contributed by atoms with van der Waals surface area (Å²) < 4.78 is 4.80. The second-order valence-electron chi connectivity index (χ2n) is 4.95. The van der Waals surface area contributed by atoms with E-state index in [1.54, 1.807) is 0 Å². The Bertz CT molecular complexity index is 230. The Labute approximate surface area is 92.8 Å². The molecule has 0 N–H and O–H groups in total. The maximum absolute atomic E-state index is 11.5. The number of ether oxygens (including phenoxy) is 1. The van der Waals surface area contributed by atoms with E-state index in [2.05, 4.69) is 25.7 Å². The molecule has 0 spiro atoms. The molecule has 4 atom stereocenters. The molecule has 0 aromatic heterocycles. The second-order valence-corrected chi connectivity index (χ2v) is 4.95. The standard InChI is InChI=1S/C12H23NO2/c1-8-6-9(2)10(3)13(7-8)11(4)12(14)15-5/h8-11H,6-7H2,1-5H3. The minimum absolute atomic E-state index is 0.116. The van der Waals surface area contributed by atoms with Crippen molar-refractivity contribution in [3.63, 3.8) is 0 Å². The Morgan fingerprint density at radius 3 is 2.53 bits per heavy atom. The van der Waals surface area contributed by atoms with Crippen LogP contribution in [0, 0.1) is 11.8 Å². The average Bonchev–Trinajstić information content (AvgIpc) is 2.21. The molecule has 1 saturated heterocycles. The highest BCUT2D eigenvalue weighted by atomic mass is 16.5. The first-order chi connectivity index (χ1) is 6.97. The molecule has 0 amide bonds. The summed E-state index contributed by atoms with van der Waals surface area (Å²) in [5.41, 5.74) is 0. The maximum Gasteiger partial charge on any atom is 0.322 e. The van der Waals surface area contributed by atoms with Gasteiger partial charge in [-0.1, -0.05) is 13.8 Å². The van der Waals surface area contributed by atoms with Crippen molar-refractivity contribution in [1.82, 2.24) is 4.90 Å². The van der Waals surface area contributed by atoms with Crippen LogP contribution in [0.2, 0.25) is 0 Å².